The zero-order chi connectivity index (χ0) is 19.7. The molecule has 1 N–H and O–H groups in total. The summed E-state index contributed by atoms with van der Waals surface area (Å²) < 4.78 is 24.6. The summed E-state index contributed by atoms with van der Waals surface area (Å²) in [6, 6.07) is 3.43. The third kappa shape index (κ3) is 4.93. The molecule has 0 saturated carbocycles. The summed E-state index contributed by atoms with van der Waals surface area (Å²) in [6.45, 7) is 6.35. The van der Waals surface area contributed by atoms with Gasteiger partial charge in [-0.05, 0) is 32.8 Å². The molecule has 26 heavy (non-hydrogen) atoms. The molecule has 1 heterocycles. The summed E-state index contributed by atoms with van der Waals surface area (Å²) in [5, 5.41) is 4.47. The van der Waals surface area contributed by atoms with Gasteiger partial charge in [0, 0.05) is 29.9 Å². The Bertz CT molecular complexity index is 934. The molecule has 5 nitrogen and oxygen atoms in total. The maximum atomic E-state index is 12.8. The Balaban J connectivity index is 2.45. The Morgan fingerprint density at radius 2 is 1.92 bits per heavy atom. The number of hydrogen-bond donors (Lipinski definition) is 1. The van der Waals surface area contributed by atoms with Crippen LogP contribution in [0.15, 0.2) is 18.3 Å². The van der Waals surface area contributed by atoms with Gasteiger partial charge in [0.25, 0.3) is 5.91 Å². The first-order chi connectivity index (χ1) is 11.9. The molecule has 1 aromatic heterocycles. The van der Waals surface area contributed by atoms with Gasteiger partial charge in [-0.25, -0.2) is 8.42 Å². The standard InChI is InChI=1S/C18H24Cl2N2O3S/c1-5-18(2,3)21-17(23)13-11-22(9-6-10-26(4,24)25)16-12(13)7-8-14(19)15(16)20/h7-8,11H,5-6,9-10H2,1-4H3,(H,21,23). The third-order valence-corrected chi connectivity index (χ3v) is 6.25. The molecular weight excluding hydrogens is 395 g/mol. The lowest BCUT2D eigenvalue weighted by Gasteiger charge is -2.24. The van der Waals surface area contributed by atoms with Crippen molar-refractivity contribution in [2.24, 2.45) is 0 Å². The average molecular weight is 419 g/mol. The van der Waals surface area contributed by atoms with Crippen molar-refractivity contribution in [1.82, 2.24) is 9.88 Å². The lowest BCUT2D eigenvalue weighted by molar-refractivity contribution is 0.0912. The molecule has 0 unspecified atom stereocenters. The number of nitrogens with one attached hydrogen (secondary N) is 1. The van der Waals surface area contributed by atoms with Gasteiger partial charge in [0.05, 0.1) is 26.9 Å². The van der Waals surface area contributed by atoms with Crippen LogP contribution in [0.4, 0.5) is 0 Å². The van der Waals surface area contributed by atoms with Crippen molar-refractivity contribution in [3.05, 3.63) is 33.9 Å². The third-order valence-electron chi connectivity index (χ3n) is 4.43. The first kappa shape index (κ1) is 21.1. The van der Waals surface area contributed by atoms with Crippen LogP contribution in [0.3, 0.4) is 0 Å². The van der Waals surface area contributed by atoms with Crippen molar-refractivity contribution >= 4 is 49.8 Å². The Labute approximate surface area is 164 Å². The van der Waals surface area contributed by atoms with Gasteiger partial charge >= 0.3 is 0 Å². The van der Waals surface area contributed by atoms with Crippen molar-refractivity contribution in [3.8, 4) is 0 Å². The molecule has 1 aromatic carbocycles. The molecule has 0 bridgehead atoms. The number of rotatable bonds is 7. The van der Waals surface area contributed by atoms with Gasteiger partial charge in [-0.1, -0.05) is 36.2 Å². The largest absolute Gasteiger partial charge is 0.347 e. The summed E-state index contributed by atoms with van der Waals surface area (Å²) in [5.41, 5.74) is 0.810. The molecule has 0 aliphatic rings. The number of hydrogen-bond acceptors (Lipinski definition) is 3. The second-order valence-corrected chi connectivity index (χ2v) is 10.2. The van der Waals surface area contributed by atoms with E-state index in [1.165, 1.54) is 6.26 Å². The van der Waals surface area contributed by atoms with Crippen LogP contribution in [-0.2, 0) is 16.4 Å². The van der Waals surface area contributed by atoms with E-state index in [-0.39, 0.29) is 17.2 Å². The number of aryl methyl sites for hydroxylation is 1. The quantitative estimate of drug-likeness (QED) is 0.728. The molecule has 8 heteroatoms. The van der Waals surface area contributed by atoms with Crippen LogP contribution in [-0.4, -0.2) is 36.4 Å². The van der Waals surface area contributed by atoms with Crippen molar-refractivity contribution < 1.29 is 13.2 Å². The van der Waals surface area contributed by atoms with Crippen molar-refractivity contribution in [2.45, 2.75) is 45.7 Å². The van der Waals surface area contributed by atoms with Crippen molar-refractivity contribution in [1.29, 1.82) is 0 Å². The van der Waals surface area contributed by atoms with Gasteiger partial charge in [-0.3, -0.25) is 4.79 Å². The van der Waals surface area contributed by atoms with Crippen LogP contribution in [0, 0.1) is 0 Å². The molecule has 0 saturated heterocycles. The Kier molecular flexibility index (Phi) is 6.31. The van der Waals surface area contributed by atoms with E-state index in [2.05, 4.69) is 5.32 Å². The molecular formula is C18H24Cl2N2O3S. The molecule has 0 aliphatic heterocycles. The number of carbonyl (C=O) groups excluding carboxylic acids is 1. The van der Waals surface area contributed by atoms with E-state index in [0.29, 0.717) is 39.5 Å². The zero-order valence-corrected chi connectivity index (χ0v) is 17.7. The van der Waals surface area contributed by atoms with Gasteiger partial charge in [0.1, 0.15) is 9.84 Å². The van der Waals surface area contributed by atoms with Crippen molar-refractivity contribution in [2.75, 3.05) is 12.0 Å². The van der Waals surface area contributed by atoms with Gasteiger partial charge < -0.3 is 9.88 Å². The van der Waals surface area contributed by atoms with E-state index in [4.69, 9.17) is 23.2 Å². The normalized spacial score (nSPS) is 12.5. The van der Waals surface area contributed by atoms with Crippen LogP contribution in [0.25, 0.3) is 10.9 Å². The molecule has 2 aromatic rings. The molecule has 0 fully saturated rings. The summed E-state index contributed by atoms with van der Waals surface area (Å²) in [4.78, 5) is 12.8. The molecule has 0 radical (unpaired) electrons. The fourth-order valence-electron chi connectivity index (χ4n) is 2.65. The summed E-state index contributed by atoms with van der Waals surface area (Å²) in [6.07, 6.45) is 4.14. The van der Waals surface area contributed by atoms with Gasteiger partial charge in [-0.15, -0.1) is 0 Å². The Hall–Kier alpha value is -1.24. The highest BCUT2D eigenvalue weighted by atomic mass is 35.5. The number of fused-ring (bicyclic) bond motifs is 1. The predicted molar refractivity (Wildman–Crippen MR) is 108 cm³/mol. The molecule has 144 valence electrons. The number of halogens is 2. The van der Waals surface area contributed by atoms with E-state index in [0.717, 1.165) is 6.42 Å². The minimum Gasteiger partial charge on any atom is -0.347 e. The monoisotopic (exact) mass is 418 g/mol. The first-order valence-electron chi connectivity index (χ1n) is 8.42. The number of sulfone groups is 1. The summed E-state index contributed by atoms with van der Waals surface area (Å²) in [7, 11) is -3.05. The number of amides is 1. The first-order valence-corrected chi connectivity index (χ1v) is 11.2. The Morgan fingerprint density at radius 1 is 1.27 bits per heavy atom. The topological polar surface area (TPSA) is 68.2 Å². The minimum absolute atomic E-state index is 0.0647. The van der Waals surface area contributed by atoms with E-state index < -0.39 is 9.84 Å². The second kappa shape index (κ2) is 7.79. The Morgan fingerprint density at radius 3 is 2.50 bits per heavy atom. The van der Waals surface area contributed by atoms with Crippen LogP contribution in [0.2, 0.25) is 10.0 Å². The smallest absolute Gasteiger partial charge is 0.253 e. The number of aromatic nitrogens is 1. The van der Waals surface area contributed by atoms with Crippen LogP contribution in [0.1, 0.15) is 44.0 Å². The summed E-state index contributed by atoms with van der Waals surface area (Å²) in [5.74, 6) is -0.128. The maximum Gasteiger partial charge on any atom is 0.253 e. The minimum atomic E-state index is -3.05. The van der Waals surface area contributed by atoms with E-state index in [1.807, 2.05) is 25.3 Å². The molecule has 2 rings (SSSR count). The van der Waals surface area contributed by atoms with E-state index in [9.17, 15) is 13.2 Å². The molecule has 0 atom stereocenters. The highest BCUT2D eigenvalue weighted by Gasteiger charge is 2.23. The van der Waals surface area contributed by atoms with Crippen LogP contribution >= 0.6 is 23.2 Å². The number of benzene rings is 1. The molecule has 0 spiro atoms. The predicted octanol–water partition coefficient (Wildman–Crippen LogP) is 4.30. The maximum absolute atomic E-state index is 12.8. The molecule has 0 aliphatic carbocycles. The fraction of sp³-hybridized carbons (Fsp3) is 0.500. The number of carbonyl (C=O) groups is 1. The zero-order valence-electron chi connectivity index (χ0n) is 15.4. The van der Waals surface area contributed by atoms with Crippen LogP contribution in [0.5, 0.6) is 0 Å². The lowest BCUT2D eigenvalue weighted by atomic mass is 10.0. The van der Waals surface area contributed by atoms with E-state index >= 15 is 0 Å². The van der Waals surface area contributed by atoms with E-state index in [1.54, 1.807) is 18.3 Å². The van der Waals surface area contributed by atoms with Crippen molar-refractivity contribution in [3.63, 3.8) is 0 Å². The average Bonchev–Trinajstić information content (AvgIpc) is 2.89. The van der Waals surface area contributed by atoms with Crippen LogP contribution < -0.4 is 5.32 Å². The lowest BCUT2D eigenvalue weighted by Crippen LogP contribution is -2.42. The fourth-order valence-corrected chi connectivity index (χ4v) is 3.72. The SMILES string of the molecule is CCC(C)(C)NC(=O)c1cn(CCCS(C)(=O)=O)c2c(Cl)c(Cl)ccc12. The van der Waals surface area contributed by atoms with Gasteiger partial charge in [0.15, 0.2) is 0 Å². The molecule has 1 amide bonds. The van der Waals surface area contributed by atoms with Gasteiger partial charge in [0.2, 0.25) is 0 Å². The summed E-state index contributed by atoms with van der Waals surface area (Å²) >= 11 is 12.5. The second-order valence-electron chi connectivity index (χ2n) is 7.17. The van der Waals surface area contributed by atoms with Gasteiger partial charge in [-0.2, -0.15) is 0 Å². The number of nitrogens with zero attached hydrogens (tertiary/aromatic N) is 1. The highest BCUT2D eigenvalue weighted by Crippen LogP contribution is 2.34. The highest BCUT2D eigenvalue weighted by molar-refractivity contribution is 7.90.